The van der Waals surface area contributed by atoms with Gasteiger partial charge in [0.1, 0.15) is 0 Å². The molecule has 1 aliphatic rings. The zero-order valence-electron chi connectivity index (χ0n) is 6.86. The van der Waals surface area contributed by atoms with Gasteiger partial charge in [0, 0.05) is 18.2 Å². The number of aromatic carboxylic acids is 1. The van der Waals surface area contributed by atoms with Crippen LogP contribution in [-0.4, -0.2) is 27.7 Å². The van der Waals surface area contributed by atoms with Crippen LogP contribution in [0, 0.1) is 0 Å². The van der Waals surface area contributed by atoms with Crippen molar-refractivity contribution in [3.63, 3.8) is 0 Å². The largest absolute Gasteiger partial charge is 0.475 e. The number of fused-ring (bicyclic) bond motifs is 1. The summed E-state index contributed by atoms with van der Waals surface area (Å²) in [6, 6.07) is 0. The zero-order chi connectivity index (χ0) is 9.26. The summed E-state index contributed by atoms with van der Waals surface area (Å²) in [4.78, 5) is 18.2. The lowest BCUT2D eigenvalue weighted by Crippen LogP contribution is -2.15. The first-order valence-electron chi connectivity index (χ1n) is 3.93. The maximum absolute atomic E-state index is 10.5. The molecule has 5 nitrogen and oxygen atoms in total. The van der Waals surface area contributed by atoms with Gasteiger partial charge in [-0.1, -0.05) is 0 Å². The van der Waals surface area contributed by atoms with E-state index in [-0.39, 0.29) is 5.82 Å². The molecule has 2 heterocycles. The molecule has 0 amide bonds. The number of rotatable bonds is 1. The molecule has 0 aliphatic carbocycles. The fraction of sp³-hybridized carbons (Fsp3) is 0.375. The molecule has 0 spiro atoms. The van der Waals surface area contributed by atoms with Gasteiger partial charge in [0.15, 0.2) is 0 Å². The lowest BCUT2D eigenvalue weighted by molar-refractivity contribution is 0.0680. The molecule has 2 rings (SSSR count). The third-order valence-electron chi connectivity index (χ3n) is 1.89. The molecule has 0 radical (unpaired) electrons. The van der Waals surface area contributed by atoms with Gasteiger partial charge in [-0.05, 0) is 0 Å². The molecular weight excluding hydrogens is 172 g/mol. The predicted molar refractivity (Wildman–Crippen MR) is 42.4 cm³/mol. The number of carbonyl (C=O) groups is 1. The average molecular weight is 180 g/mol. The summed E-state index contributed by atoms with van der Waals surface area (Å²) < 4.78 is 5.17. The van der Waals surface area contributed by atoms with Crippen LogP contribution < -0.4 is 0 Å². The van der Waals surface area contributed by atoms with Crippen molar-refractivity contribution in [2.45, 2.75) is 13.0 Å². The molecule has 0 aromatic carbocycles. The zero-order valence-corrected chi connectivity index (χ0v) is 6.86. The predicted octanol–water partition coefficient (Wildman–Crippen LogP) is 0.248. The van der Waals surface area contributed by atoms with Crippen molar-refractivity contribution in [2.24, 2.45) is 0 Å². The van der Waals surface area contributed by atoms with Crippen LogP contribution in [0.1, 0.15) is 21.9 Å². The fourth-order valence-corrected chi connectivity index (χ4v) is 1.23. The van der Waals surface area contributed by atoms with Crippen molar-refractivity contribution < 1.29 is 14.6 Å². The van der Waals surface area contributed by atoms with E-state index in [0.717, 1.165) is 11.3 Å². The summed E-state index contributed by atoms with van der Waals surface area (Å²) in [5, 5.41) is 8.63. The normalized spacial score (nSPS) is 15.1. The van der Waals surface area contributed by atoms with Crippen LogP contribution in [0.25, 0.3) is 0 Å². The highest BCUT2D eigenvalue weighted by atomic mass is 16.5. The van der Waals surface area contributed by atoms with Crippen molar-refractivity contribution in [3.8, 4) is 0 Å². The summed E-state index contributed by atoms with van der Waals surface area (Å²) >= 11 is 0. The second-order valence-corrected chi connectivity index (χ2v) is 2.77. The summed E-state index contributed by atoms with van der Waals surface area (Å²) in [7, 11) is 0. The van der Waals surface area contributed by atoms with Gasteiger partial charge in [-0.15, -0.1) is 0 Å². The Hall–Kier alpha value is -1.49. The number of ether oxygens (including phenoxy) is 1. The Morgan fingerprint density at radius 1 is 1.62 bits per heavy atom. The Kier molecular flexibility index (Phi) is 1.94. The summed E-state index contributed by atoms with van der Waals surface area (Å²) in [5.41, 5.74) is 1.68. The molecule has 1 aliphatic heterocycles. The van der Waals surface area contributed by atoms with E-state index in [1.54, 1.807) is 0 Å². The van der Waals surface area contributed by atoms with Crippen LogP contribution in [0.3, 0.4) is 0 Å². The van der Waals surface area contributed by atoms with Crippen molar-refractivity contribution in [2.75, 3.05) is 6.61 Å². The molecule has 0 fully saturated rings. The van der Waals surface area contributed by atoms with Gasteiger partial charge in [-0.2, -0.15) is 0 Å². The number of hydrogen-bond acceptors (Lipinski definition) is 4. The van der Waals surface area contributed by atoms with Crippen molar-refractivity contribution >= 4 is 5.97 Å². The second kappa shape index (κ2) is 3.10. The van der Waals surface area contributed by atoms with E-state index < -0.39 is 5.97 Å². The van der Waals surface area contributed by atoms with E-state index in [4.69, 9.17) is 9.84 Å². The van der Waals surface area contributed by atoms with Crippen LogP contribution in [-0.2, 0) is 17.8 Å². The lowest BCUT2D eigenvalue weighted by Gasteiger charge is -2.14. The Bertz CT molecular complexity index is 351. The van der Waals surface area contributed by atoms with Crippen molar-refractivity contribution in [1.29, 1.82) is 0 Å². The highest BCUT2D eigenvalue weighted by Crippen LogP contribution is 2.12. The maximum Gasteiger partial charge on any atom is 0.373 e. The van der Waals surface area contributed by atoms with Gasteiger partial charge in [-0.3, -0.25) is 0 Å². The number of nitrogens with zero attached hydrogens (tertiary/aromatic N) is 2. The highest BCUT2D eigenvalue weighted by Gasteiger charge is 2.14. The summed E-state index contributed by atoms with van der Waals surface area (Å²) in [6.45, 7) is 1.08. The Morgan fingerprint density at radius 3 is 3.23 bits per heavy atom. The van der Waals surface area contributed by atoms with Crippen LogP contribution in [0.2, 0.25) is 0 Å². The molecular formula is C8H8N2O3. The van der Waals surface area contributed by atoms with Gasteiger partial charge in [0.25, 0.3) is 0 Å². The van der Waals surface area contributed by atoms with Gasteiger partial charge >= 0.3 is 5.97 Å². The number of hydrogen-bond donors (Lipinski definition) is 1. The van der Waals surface area contributed by atoms with Crippen molar-refractivity contribution in [1.82, 2.24) is 9.97 Å². The summed E-state index contributed by atoms with van der Waals surface area (Å²) in [5.74, 6) is -1.23. The highest BCUT2D eigenvalue weighted by molar-refractivity contribution is 5.83. The standard InChI is InChI=1S/C8H8N2O3/c11-8(12)7-9-3-5-4-13-2-1-6(5)10-7/h3H,1-2,4H2,(H,11,12). The van der Waals surface area contributed by atoms with Gasteiger partial charge in [0.2, 0.25) is 5.82 Å². The van der Waals surface area contributed by atoms with E-state index in [9.17, 15) is 4.79 Å². The smallest absolute Gasteiger partial charge is 0.373 e. The number of carboxylic acids is 1. The Balaban J connectivity index is 2.40. The minimum atomic E-state index is -1.09. The minimum absolute atomic E-state index is 0.138. The van der Waals surface area contributed by atoms with E-state index in [1.165, 1.54) is 6.20 Å². The monoisotopic (exact) mass is 180 g/mol. The first-order chi connectivity index (χ1) is 6.27. The Morgan fingerprint density at radius 2 is 2.46 bits per heavy atom. The molecule has 1 aromatic rings. The molecule has 0 bridgehead atoms. The van der Waals surface area contributed by atoms with E-state index in [1.807, 2.05) is 0 Å². The first-order valence-corrected chi connectivity index (χ1v) is 3.93. The van der Waals surface area contributed by atoms with Crippen LogP contribution >= 0.6 is 0 Å². The molecule has 13 heavy (non-hydrogen) atoms. The first kappa shape index (κ1) is 8.12. The maximum atomic E-state index is 10.5. The van der Waals surface area contributed by atoms with Crippen LogP contribution in [0.5, 0.6) is 0 Å². The third kappa shape index (κ3) is 1.50. The van der Waals surface area contributed by atoms with Crippen LogP contribution in [0.4, 0.5) is 0 Å². The Labute approximate surface area is 74.4 Å². The summed E-state index contributed by atoms with van der Waals surface area (Å²) in [6.07, 6.45) is 2.18. The molecule has 1 N–H and O–H groups in total. The average Bonchev–Trinajstić information content (AvgIpc) is 2.17. The molecule has 0 unspecified atom stereocenters. The van der Waals surface area contributed by atoms with Gasteiger partial charge < -0.3 is 9.84 Å². The molecule has 0 saturated heterocycles. The SMILES string of the molecule is O=C(O)c1ncc2c(n1)CCOC2. The van der Waals surface area contributed by atoms with Gasteiger partial charge in [0.05, 0.1) is 18.9 Å². The quantitative estimate of drug-likeness (QED) is 0.670. The van der Waals surface area contributed by atoms with Crippen LogP contribution in [0.15, 0.2) is 6.20 Å². The van der Waals surface area contributed by atoms with Crippen molar-refractivity contribution in [3.05, 3.63) is 23.3 Å². The van der Waals surface area contributed by atoms with E-state index >= 15 is 0 Å². The second-order valence-electron chi connectivity index (χ2n) is 2.77. The lowest BCUT2D eigenvalue weighted by atomic mass is 10.1. The number of aromatic nitrogens is 2. The number of carboxylic acid groups (broad SMARTS) is 1. The molecule has 0 saturated carbocycles. The van der Waals surface area contributed by atoms with E-state index in [0.29, 0.717) is 19.6 Å². The minimum Gasteiger partial charge on any atom is -0.475 e. The molecule has 5 heteroatoms. The molecule has 0 atom stereocenters. The molecule has 1 aromatic heterocycles. The topological polar surface area (TPSA) is 72.3 Å². The third-order valence-corrected chi connectivity index (χ3v) is 1.89. The molecule has 68 valence electrons. The fourth-order valence-electron chi connectivity index (χ4n) is 1.23. The van der Waals surface area contributed by atoms with E-state index in [2.05, 4.69) is 9.97 Å². The van der Waals surface area contributed by atoms with Gasteiger partial charge in [-0.25, -0.2) is 14.8 Å².